The Kier molecular flexibility index (Phi) is 15.8. The molecule has 5 heteroatoms. The quantitative estimate of drug-likeness (QED) is 0.273. The van der Waals surface area contributed by atoms with Gasteiger partial charge in [-0.3, -0.25) is 4.79 Å². The van der Waals surface area contributed by atoms with Crippen LogP contribution in [0.1, 0.15) is 111 Å². The summed E-state index contributed by atoms with van der Waals surface area (Å²) >= 11 is 0. The second kappa shape index (κ2) is 16.2. The van der Waals surface area contributed by atoms with Gasteiger partial charge >= 0.3 is 0 Å². The van der Waals surface area contributed by atoms with Gasteiger partial charge in [-0.25, -0.2) is 0 Å². The second-order valence-corrected chi connectivity index (χ2v) is 9.25. The molecule has 0 bridgehead atoms. The third-order valence-electron chi connectivity index (χ3n) is 5.35. The molecule has 0 aliphatic rings. The first-order chi connectivity index (χ1) is 13.2. The van der Waals surface area contributed by atoms with Crippen LogP contribution in [0, 0.1) is 5.41 Å². The molecule has 168 valence electrons. The molecular formula is C23H47NO4. The number of unbranched alkanes of at least 4 members (excludes halogenated alkanes) is 11. The van der Waals surface area contributed by atoms with Gasteiger partial charge in [0.2, 0.25) is 5.91 Å². The van der Waals surface area contributed by atoms with E-state index < -0.39 is 30.3 Å². The lowest BCUT2D eigenvalue weighted by Crippen LogP contribution is -2.53. The zero-order valence-corrected chi connectivity index (χ0v) is 18.9. The third kappa shape index (κ3) is 13.5. The summed E-state index contributed by atoms with van der Waals surface area (Å²) in [6.45, 7) is 7.16. The number of hydrogen-bond acceptors (Lipinski definition) is 4. The van der Waals surface area contributed by atoms with Gasteiger partial charge in [0.25, 0.3) is 0 Å². The van der Waals surface area contributed by atoms with Gasteiger partial charge in [0.1, 0.15) is 6.10 Å². The highest BCUT2D eigenvalue weighted by molar-refractivity contribution is 5.81. The number of nitrogens with one attached hydrogen (secondary N) is 1. The van der Waals surface area contributed by atoms with Crippen LogP contribution in [-0.4, -0.2) is 46.1 Å². The van der Waals surface area contributed by atoms with Crippen molar-refractivity contribution in [3.8, 4) is 0 Å². The number of hydrogen-bond donors (Lipinski definition) is 4. The van der Waals surface area contributed by atoms with Gasteiger partial charge in [-0.2, -0.15) is 0 Å². The van der Waals surface area contributed by atoms with E-state index in [-0.39, 0.29) is 5.91 Å². The Bertz CT molecular complexity index is 381. The van der Waals surface area contributed by atoms with Crippen LogP contribution in [0.15, 0.2) is 0 Å². The van der Waals surface area contributed by atoms with Crippen LogP contribution in [0.4, 0.5) is 0 Å². The van der Waals surface area contributed by atoms with E-state index in [4.69, 9.17) is 0 Å². The fraction of sp³-hybridized carbons (Fsp3) is 0.957. The maximum Gasteiger partial charge on any atom is 0.225 e. The maximum atomic E-state index is 12.0. The summed E-state index contributed by atoms with van der Waals surface area (Å²) < 4.78 is 0. The Hall–Kier alpha value is -0.650. The number of aliphatic hydroxyl groups is 3. The highest BCUT2D eigenvalue weighted by Crippen LogP contribution is 2.16. The largest absolute Gasteiger partial charge is 0.394 e. The van der Waals surface area contributed by atoms with Gasteiger partial charge in [0.05, 0.1) is 18.8 Å². The van der Waals surface area contributed by atoms with Crippen molar-refractivity contribution in [2.24, 2.45) is 5.41 Å². The average Bonchev–Trinajstić information content (AvgIpc) is 2.65. The predicted octanol–water partition coefficient (Wildman–Crippen LogP) is 4.32. The van der Waals surface area contributed by atoms with Crippen molar-refractivity contribution < 1.29 is 20.1 Å². The first kappa shape index (κ1) is 27.4. The standard InChI is InChI=1S/C23H47NO4/c1-5-6-7-8-9-10-11-12-13-14-15-16-17-20(26)21(27)19(18-25)24-22(28)23(2,3)4/h19-21,25-27H,5-18H2,1-4H3,(H,24,28)/t19-,20+,21+/m0/s1. The van der Waals surface area contributed by atoms with Crippen molar-refractivity contribution in [1.82, 2.24) is 5.32 Å². The van der Waals surface area contributed by atoms with Crippen molar-refractivity contribution in [2.45, 2.75) is 129 Å². The number of amides is 1. The summed E-state index contributed by atoms with van der Waals surface area (Å²) in [5, 5.41) is 32.5. The first-order valence-electron chi connectivity index (χ1n) is 11.5. The van der Waals surface area contributed by atoms with Gasteiger partial charge in [-0.1, -0.05) is 105 Å². The zero-order valence-electron chi connectivity index (χ0n) is 18.9. The molecule has 0 aromatic heterocycles. The van der Waals surface area contributed by atoms with Crippen LogP contribution < -0.4 is 5.32 Å². The molecule has 0 unspecified atom stereocenters. The summed E-state index contributed by atoms with van der Waals surface area (Å²) in [7, 11) is 0. The lowest BCUT2D eigenvalue weighted by molar-refractivity contribution is -0.131. The van der Waals surface area contributed by atoms with E-state index in [1.54, 1.807) is 20.8 Å². The molecule has 0 aliphatic heterocycles. The molecule has 0 saturated heterocycles. The van der Waals surface area contributed by atoms with Gasteiger partial charge in [-0.15, -0.1) is 0 Å². The molecule has 28 heavy (non-hydrogen) atoms. The smallest absolute Gasteiger partial charge is 0.225 e. The number of carbonyl (C=O) groups is 1. The fourth-order valence-electron chi connectivity index (χ4n) is 3.26. The molecule has 0 rings (SSSR count). The molecule has 3 atom stereocenters. The summed E-state index contributed by atoms with van der Waals surface area (Å²) in [4.78, 5) is 12.0. The SMILES string of the molecule is CCCCCCCCCCCCCC[C@@H](O)[C@H](O)[C@H](CO)NC(=O)C(C)(C)C. The van der Waals surface area contributed by atoms with Crippen LogP contribution in [0.25, 0.3) is 0 Å². The van der Waals surface area contributed by atoms with E-state index in [1.807, 2.05) is 0 Å². The fourth-order valence-corrected chi connectivity index (χ4v) is 3.26. The molecule has 0 heterocycles. The molecule has 0 fully saturated rings. The van der Waals surface area contributed by atoms with E-state index >= 15 is 0 Å². The molecular weight excluding hydrogens is 354 g/mol. The number of rotatable bonds is 17. The van der Waals surface area contributed by atoms with Crippen LogP contribution in [0.3, 0.4) is 0 Å². The van der Waals surface area contributed by atoms with E-state index in [0.717, 1.165) is 19.3 Å². The van der Waals surface area contributed by atoms with Gasteiger partial charge in [-0.05, 0) is 6.42 Å². The minimum absolute atomic E-state index is 0.247. The Labute approximate surface area is 173 Å². The topological polar surface area (TPSA) is 89.8 Å². The summed E-state index contributed by atoms with van der Waals surface area (Å²) in [6, 6.07) is -0.834. The molecule has 4 N–H and O–H groups in total. The van der Waals surface area contributed by atoms with Crippen molar-refractivity contribution in [1.29, 1.82) is 0 Å². The van der Waals surface area contributed by atoms with E-state index in [0.29, 0.717) is 6.42 Å². The van der Waals surface area contributed by atoms with Crippen molar-refractivity contribution in [3.05, 3.63) is 0 Å². The highest BCUT2D eigenvalue weighted by atomic mass is 16.3. The second-order valence-electron chi connectivity index (χ2n) is 9.25. The van der Waals surface area contributed by atoms with Gasteiger partial charge in [0, 0.05) is 5.41 Å². The highest BCUT2D eigenvalue weighted by Gasteiger charge is 2.30. The first-order valence-corrected chi connectivity index (χ1v) is 11.5. The Morgan fingerprint density at radius 2 is 1.25 bits per heavy atom. The lowest BCUT2D eigenvalue weighted by atomic mass is 9.93. The van der Waals surface area contributed by atoms with Crippen LogP contribution >= 0.6 is 0 Å². The maximum absolute atomic E-state index is 12.0. The average molecular weight is 402 g/mol. The summed E-state index contributed by atoms with van der Waals surface area (Å²) in [5.74, 6) is -0.247. The number of carbonyl (C=O) groups excluding carboxylic acids is 1. The normalized spacial score (nSPS) is 15.2. The summed E-state index contributed by atoms with van der Waals surface area (Å²) in [5.41, 5.74) is -0.604. The van der Waals surface area contributed by atoms with Gasteiger partial charge < -0.3 is 20.6 Å². The van der Waals surface area contributed by atoms with Gasteiger partial charge in [0.15, 0.2) is 0 Å². The van der Waals surface area contributed by atoms with Crippen molar-refractivity contribution >= 4 is 5.91 Å². The Morgan fingerprint density at radius 3 is 1.64 bits per heavy atom. The van der Waals surface area contributed by atoms with Crippen molar-refractivity contribution in [2.75, 3.05) is 6.61 Å². The molecule has 0 spiro atoms. The van der Waals surface area contributed by atoms with Crippen LogP contribution in [-0.2, 0) is 4.79 Å². The predicted molar refractivity (Wildman–Crippen MR) is 116 cm³/mol. The third-order valence-corrected chi connectivity index (χ3v) is 5.35. The minimum Gasteiger partial charge on any atom is -0.394 e. The minimum atomic E-state index is -1.15. The Morgan fingerprint density at radius 1 is 0.821 bits per heavy atom. The number of aliphatic hydroxyl groups excluding tert-OH is 3. The van der Waals surface area contributed by atoms with E-state index in [1.165, 1.54) is 57.8 Å². The van der Waals surface area contributed by atoms with Crippen molar-refractivity contribution in [3.63, 3.8) is 0 Å². The summed E-state index contributed by atoms with van der Waals surface area (Å²) in [6.07, 6.45) is 13.4. The molecule has 0 aromatic rings. The lowest BCUT2D eigenvalue weighted by Gasteiger charge is -2.29. The zero-order chi connectivity index (χ0) is 21.4. The monoisotopic (exact) mass is 401 g/mol. The Balaban J connectivity index is 3.78. The molecule has 0 saturated carbocycles. The van der Waals surface area contributed by atoms with Crippen LogP contribution in [0.2, 0.25) is 0 Å². The van der Waals surface area contributed by atoms with E-state index in [9.17, 15) is 20.1 Å². The molecule has 0 radical (unpaired) electrons. The molecule has 1 amide bonds. The molecule has 0 aliphatic carbocycles. The molecule has 5 nitrogen and oxygen atoms in total. The molecule has 0 aromatic carbocycles. The van der Waals surface area contributed by atoms with E-state index in [2.05, 4.69) is 12.2 Å². The van der Waals surface area contributed by atoms with Crippen LogP contribution in [0.5, 0.6) is 0 Å².